The zero-order valence-corrected chi connectivity index (χ0v) is 19.3. The highest BCUT2D eigenvalue weighted by Crippen LogP contribution is 2.30. The van der Waals surface area contributed by atoms with Crippen LogP contribution in [0.15, 0.2) is 34.6 Å². The first-order valence-corrected chi connectivity index (χ1v) is 9.67. The number of thiazole rings is 1. The van der Waals surface area contributed by atoms with Gasteiger partial charge in [-0.05, 0) is 25.1 Å². The molecule has 4 nitrogen and oxygen atoms in total. The van der Waals surface area contributed by atoms with Crippen LogP contribution in [0, 0.1) is 11.8 Å². The monoisotopic (exact) mass is 576 g/mol. The molecule has 12 heteroatoms. The van der Waals surface area contributed by atoms with E-state index >= 15 is 0 Å². The van der Waals surface area contributed by atoms with E-state index in [-0.39, 0.29) is 49.1 Å². The molecular weight excluding hydrogens is 557 g/mol. The van der Waals surface area contributed by atoms with E-state index in [1.54, 1.807) is 0 Å². The lowest BCUT2D eigenvalue weighted by Crippen LogP contribution is -2.37. The van der Waals surface area contributed by atoms with Gasteiger partial charge in [0.05, 0.1) is 17.1 Å². The van der Waals surface area contributed by atoms with Crippen LogP contribution in [-0.2, 0) is 18.8 Å². The average Bonchev–Trinajstić information content (AvgIpc) is 3.14. The van der Waals surface area contributed by atoms with Crippen molar-refractivity contribution < 1.29 is 26.3 Å². The summed E-state index contributed by atoms with van der Waals surface area (Å²) >= 11 is 0.920. The van der Waals surface area contributed by atoms with Crippen LogP contribution in [0.25, 0.3) is 0 Å². The maximum Gasteiger partial charge on any atom is 0.434 e. The summed E-state index contributed by atoms with van der Waals surface area (Å²) in [5.74, 6) is 5.75. The Balaban J connectivity index is 0.00000480. The average molecular weight is 576 g/mol. The van der Waals surface area contributed by atoms with E-state index < -0.39 is 23.6 Å². The highest BCUT2D eigenvalue weighted by atomic mass is 127. The summed E-state index contributed by atoms with van der Waals surface area (Å²) in [4.78, 5) is 7.77. The van der Waals surface area contributed by atoms with Crippen molar-refractivity contribution in [1.29, 1.82) is 0 Å². The summed E-state index contributed by atoms with van der Waals surface area (Å²) in [6.07, 6.45) is -8.65. The van der Waals surface area contributed by atoms with Gasteiger partial charge in [-0.1, -0.05) is 17.9 Å². The largest absolute Gasteiger partial charge is 0.434 e. The van der Waals surface area contributed by atoms with Gasteiger partial charge in [0.1, 0.15) is 0 Å². The second-order valence-electron chi connectivity index (χ2n) is 5.87. The van der Waals surface area contributed by atoms with Crippen molar-refractivity contribution in [3.05, 3.63) is 51.5 Å². The third-order valence-corrected chi connectivity index (χ3v) is 4.46. The number of hydrogen-bond acceptors (Lipinski definition) is 3. The van der Waals surface area contributed by atoms with Gasteiger partial charge in [0.2, 0.25) is 0 Å². The molecule has 0 radical (unpaired) electrons. The zero-order chi connectivity index (χ0) is 22.2. The Hall–Kier alpha value is -2.01. The smallest absolute Gasteiger partial charge is 0.357 e. The fraction of sp³-hybridized carbons (Fsp3) is 0.368. The number of guanidine groups is 1. The van der Waals surface area contributed by atoms with Crippen LogP contribution in [0.5, 0.6) is 0 Å². The first-order chi connectivity index (χ1) is 14.1. The van der Waals surface area contributed by atoms with E-state index in [1.807, 2.05) is 6.92 Å². The van der Waals surface area contributed by atoms with E-state index in [0.29, 0.717) is 17.5 Å². The molecule has 0 fully saturated rings. The van der Waals surface area contributed by atoms with Crippen molar-refractivity contribution in [3.8, 4) is 11.8 Å². The van der Waals surface area contributed by atoms with E-state index in [4.69, 9.17) is 0 Å². The van der Waals surface area contributed by atoms with Gasteiger partial charge in [0, 0.05) is 30.5 Å². The van der Waals surface area contributed by atoms with Gasteiger partial charge in [0.25, 0.3) is 0 Å². The second kappa shape index (κ2) is 12.1. The van der Waals surface area contributed by atoms with Crippen molar-refractivity contribution in [2.75, 3.05) is 19.6 Å². The van der Waals surface area contributed by atoms with Crippen LogP contribution < -0.4 is 10.6 Å². The van der Waals surface area contributed by atoms with Crippen molar-refractivity contribution in [2.45, 2.75) is 25.7 Å². The summed E-state index contributed by atoms with van der Waals surface area (Å²) in [6, 6.07) is 4.70. The first kappa shape index (κ1) is 27.0. The molecule has 2 aromatic rings. The summed E-state index contributed by atoms with van der Waals surface area (Å²) in [7, 11) is 0. The fourth-order valence-corrected chi connectivity index (χ4v) is 3.00. The molecule has 170 valence electrons. The summed E-state index contributed by atoms with van der Waals surface area (Å²) in [5, 5.41) is 7.14. The molecule has 0 aliphatic rings. The normalized spacial score (nSPS) is 11.9. The second-order valence-corrected chi connectivity index (χ2v) is 6.81. The van der Waals surface area contributed by atoms with Gasteiger partial charge in [-0.2, -0.15) is 26.3 Å². The van der Waals surface area contributed by atoms with E-state index in [0.717, 1.165) is 28.8 Å². The fourth-order valence-electron chi connectivity index (χ4n) is 2.21. The van der Waals surface area contributed by atoms with Gasteiger partial charge in [-0.3, -0.25) is 4.99 Å². The molecule has 2 N–H and O–H groups in total. The molecule has 1 heterocycles. The van der Waals surface area contributed by atoms with Crippen LogP contribution in [0.3, 0.4) is 0 Å². The number of hydrogen-bond donors (Lipinski definition) is 2. The van der Waals surface area contributed by atoms with Crippen molar-refractivity contribution in [2.24, 2.45) is 4.99 Å². The highest BCUT2D eigenvalue weighted by Gasteiger charge is 2.33. The molecule has 0 spiro atoms. The minimum absolute atomic E-state index is 0. The van der Waals surface area contributed by atoms with Crippen LogP contribution in [0.2, 0.25) is 0 Å². The van der Waals surface area contributed by atoms with Crippen molar-refractivity contribution >= 4 is 41.3 Å². The summed E-state index contributed by atoms with van der Waals surface area (Å²) in [5.41, 5.74) is -1.45. The minimum atomic E-state index is -4.47. The van der Waals surface area contributed by atoms with Crippen LogP contribution in [0.4, 0.5) is 26.3 Å². The Morgan fingerprint density at radius 1 is 1.13 bits per heavy atom. The Labute approximate surface area is 196 Å². The predicted octanol–water partition coefficient (Wildman–Crippen LogP) is 4.95. The molecule has 0 saturated carbocycles. The third kappa shape index (κ3) is 9.34. The number of nitrogens with one attached hydrogen (secondary N) is 2. The molecule has 0 saturated heterocycles. The molecular formula is C19H19F6IN4S. The lowest BCUT2D eigenvalue weighted by molar-refractivity contribution is -0.141. The molecule has 0 bridgehead atoms. The highest BCUT2D eigenvalue weighted by molar-refractivity contribution is 14.0. The van der Waals surface area contributed by atoms with Gasteiger partial charge in [-0.15, -0.1) is 35.3 Å². The van der Waals surface area contributed by atoms with Gasteiger partial charge in [-0.25, -0.2) is 4.98 Å². The molecule has 1 aromatic carbocycles. The summed E-state index contributed by atoms with van der Waals surface area (Å²) < 4.78 is 75.8. The van der Waals surface area contributed by atoms with Crippen LogP contribution >= 0.6 is 35.3 Å². The van der Waals surface area contributed by atoms with Crippen molar-refractivity contribution in [1.82, 2.24) is 15.6 Å². The molecule has 31 heavy (non-hydrogen) atoms. The molecule has 2 rings (SSSR count). The standard InChI is InChI=1S/C19H18F6N4S.HI/c1-2-26-17(28-10-8-16-29-15(12-30-16)19(23,24)25)27-9-4-6-13-5-3-7-14(11-13)18(20,21)22;/h3,5,7,11-12H,2,8-10H2,1H3,(H2,26,27,28);1H. The maximum absolute atomic E-state index is 12.7. The molecule has 0 atom stereocenters. The molecule has 1 aromatic heterocycles. The van der Waals surface area contributed by atoms with E-state index in [2.05, 4.69) is 32.5 Å². The molecule has 0 aliphatic heterocycles. The Bertz CT molecular complexity index is 928. The summed E-state index contributed by atoms with van der Waals surface area (Å²) in [6.45, 7) is 2.71. The molecule has 0 amide bonds. The molecule has 0 unspecified atom stereocenters. The number of alkyl halides is 6. The van der Waals surface area contributed by atoms with Crippen LogP contribution in [-0.4, -0.2) is 30.6 Å². The SMILES string of the molecule is CCNC(=NCCc1nc(C(F)(F)F)cs1)NCC#Cc1cccc(C(F)(F)F)c1.I. The van der Waals surface area contributed by atoms with E-state index in [1.165, 1.54) is 12.1 Å². The number of rotatable bonds is 5. The maximum atomic E-state index is 12.7. The van der Waals surface area contributed by atoms with Crippen LogP contribution in [0.1, 0.15) is 28.8 Å². The lowest BCUT2D eigenvalue weighted by atomic mass is 10.1. The van der Waals surface area contributed by atoms with Gasteiger partial charge >= 0.3 is 12.4 Å². The number of aromatic nitrogens is 1. The van der Waals surface area contributed by atoms with Crippen molar-refractivity contribution in [3.63, 3.8) is 0 Å². The topological polar surface area (TPSA) is 49.3 Å². The number of aliphatic imine (C=N–C) groups is 1. The third-order valence-electron chi connectivity index (χ3n) is 3.55. The number of nitrogens with zero attached hydrogens (tertiary/aromatic N) is 2. The Morgan fingerprint density at radius 3 is 2.48 bits per heavy atom. The quantitative estimate of drug-likeness (QED) is 0.174. The van der Waals surface area contributed by atoms with Gasteiger partial charge < -0.3 is 10.6 Å². The predicted molar refractivity (Wildman–Crippen MR) is 119 cm³/mol. The zero-order valence-electron chi connectivity index (χ0n) is 16.2. The minimum Gasteiger partial charge on any atom is -0.357 e. The first-order valence-electron chi connectivity index (χ1n) is 8.79. The lowest BCUT2D eigenvalue weighted by Gasteiger charge is -2.08. The Morgan fingerprint density at radius 2 is 1.87 bits per heavy atom. The number of benzene rings is 1. The Kier molecular flexibility index (Phi) is 10.6. The number of halogens is 7. The molecule has 0 aliphatic carbocycles. The van der Waals surface area contributed by atoms with E-state index in [9.17, 15) is 26.3 Å². The van der Waals surface area contributed by atoms with Gasteiger partial charge in [0.15, 0.2) is 11.7 Å².